The Kier molecular flexibility index (Phi) is 5.91. The number of aromatic amines is 1. The lowest BCUT2D eigenvalue weighted by Gasteiger charge is -2.05. The molecular formula is C17H23N5O. The Morgan fingerprint density at radius 3 is 2.74 bits per heavy atom. The van der Waals surface area contributed by atoms with Gasteiger partial charge in [-0.05, 0) is 37.3 Å². The van der Waals surface area contributed by atoms with Gasteiger partial charge in [-0.3, -0.25) is 15.1 Å². The summed E-state index contributed by atoms with van der Waals surface area (Å²) in [4.78, 5) is 8.56. The molecule has 0 bridgehead atoms. The van der Waals surface area contributed by atoms with Crippen LogP contribution >= 0.6 is 0 Å². The molecule has 1 aromatic carbocycles. The fourth-order valence-corrected chi connectivity index (χ4v) is 2.25. The molecule has 0 unspecified atom stereocenters. The normalized spacial score (nSPS) is 12.0. The second-order valence-electron chi connectivity index (χ2n) is 5.14. The average Bonchev–Trinajstić information content (AvgIpc) is 2.94. The van der Waals surface area contributed by atoms with Gasteiger partial charge in [0, 0.05) is 11.3 Å². The van der Waals surface area contributed by atoms with Crippen LogP contribution in [-0.2, 0) is 6.54 Å². The number of nitrogens with one attached hydrogen (secondary N) is 1. The lowest BCUT2D eigenvalue weighted by molar-refractivity contribution is 0.415. The number of nitrogens with two attached hydrogens (primary N) is 1. The number of ether oxygens (including phenoxy) is 1. The maximum atomic E-state index is 5.88. The fourth-order valence-electron chi connectivity index (χ4n) is 2.25. The number of hydrogen-bond acceptors (Lipinski definition) is 4. The molecule has 0 aliphatic rings. The van der Waals surface area contributed by atoms with E-state index in [4.69, 9.17) is 10.5 Å². The molecule has 6 nitrogen and oxygen atoms in total. The topological polar surface area (TPSA) is 88.6 Å². The zero-order valence-corrected chi connectivity index (χ0v) is 13.8. The van der Waals surface area contributed by atoms with Gasteiger partial charge in [0.1, 0.15) is 11.6 Å². The van der Waals surface area contributed by atoms with Crippen molar-refractivity contribution in [1.82, 2.24) is 10.2 Å². The van der Waals surface area contributed by atoms with E-state index in [0.717, 1.165) is 34.7 Å². The molecule has 0 amide bonds. The van der Waals surface area contributed by atoms with Crippen molar-refractivity contribution in [2.45, 2.75) is 26.8 Å². The van der Waals surface area contributed by atoms with Gasteiger partial charge in [-0.15, -0.1) is 0 Å². The summed E-state index contributed by atoms with van der Waals surface area (Å²) in [5.41, 5.74) is 9.88. The lowest BCUT2D eigenvalue weighted by atomic mass is 10.0. The van der Waals surface area contributed by atoms with E-state index in [1.807, 2.05) is 44.3 Å². The molecule has 1 heterocycles. The average molecular weight is 313 g/mol. The first-order chi connectivity index (χ1) is 11.2. The highest BCUT2D eigenvalue weighted by molar-refractivity contribution is 5.83. The maximum Gasteiger partial charge on any atom is 0.118 e. The summed E-state index contributed by atoms with van der Waals surface area (Å²) in [6, 6.07) is 7.89. The first-order valence-corrected chi connectivity index (χ1v) is 7.61. The third-order valence-corrected chi connectivity index (χ3v) is 3.40. The Balaban J connectivity index is 2.17. The van der Waals surface area contributed by atoms with Crippen LogP contribution in [0.15, 0.2) is 34.3 Å². The number of benzene rings is 1. The summed E-state index contributed by atoms with van der Waals surface area (Å²) in [5, 5.41) is 7.37. The van der Waals surface area contributed by atoms with Crippen molar-refractivity contribution in [3.05, 3.63) is 35.7 Å². The minimum atomic E-state index is 0.426. The largest absolute Gasteiger partial charge is 0.497 e. The van der Waals surface area contributed by atoms with E-state index in [2.05, 4.69) is 20.2 Å². The molecule has 0 fully saturated rings. The number of aromatic nitrogens is 2. The van der Waals surface area contributed by atoms with Crippen LogP contribution in [0.5, 0.6) is 5.75 Å². The van der Waals surface area contributed by atoms with Crippen LogP contribution in [0.1, 0.15) is 24.7 Å². The van der Waals surface area contributed by atoms with Crippen molar-refractivity contribution in [2.75, 3.05) is 13.7 Å². The molecular weight excluding hydrogens is 290 g/mol. The van der Waals surface area contributed by atoms with Gasteiger partial charge in [0.25, 0.3) is 0 Å². The number of hydrogen-bond donors (Lipinski definition) is 2. The van der Waals surface area contributed by atoms with Gasteiger partial charge in [-0.1, -0.05) is 19.1 Å². The Hall–Kier alpha value is -2.63. The Morgan fingerprint density at radius 1 is 1.35 bits per heavy atom. The Morgan fingerprint density at radius 2 is 2.09 bits per heavy atom. The molecule has 23 heavy (non-hydrogen) atoms. The molecule has 0 atom stereocenters. The Bertz CT molecular complexity index is 686. The van der Waals surface area contributed by atoms with Crippen LogP contribution in [-0.4, -0.2) is 35.9 Å². The van der Waals surface area contributed by atoms with Gasteiger partial charge in [-0.2, -0.15) is 5.10 Å². The van der Waals surface area contributed by atoms with Crippen LogP contribution in [0, 0.1) is 6.92 Å². The zero-order valence-electron chi connectivity index (χ0n) is 13.8. The van der Waals surface area contributed by atoms with E-state index in [-0.39, 0.29) is 0 Å². The third-order valence-electron chi connectivity index (χ3n) is 3.40. The summed E-state index contributed by atoms with van der Waals surface area (Å²) in [6.45, 7) is 4.88. The van der Waals surface area contributed by atoms with Gasteiger partial charge in [-0.25, -0.2) is 0 Å². The van der Waals surface area contributed by atoms with E-state index in [1.165, 1.54) is 0 Å². The predicted molar refractivity (Wildman–Crippen MR) is 94.3 cm³/mol. The van der Waals surface area contributed by atoms with Crippen LogP contribution in [0.25, 0.3) is 11.1 Å². The van der Waals surface area contributed by atoms with Crippen LogP contribution in [0.2, 0.25) is 0 Å². The van der Waals surface area contributed by atoms with Crippen LogP contribution in [0.3, 0.4) is 0 Å². The van der Waals surface area contributed by atoms with Crippen molar-refractivity contribution < 1.29 is 4.74 Å². The van der Waals surface area contributed by atoms with Gasteiger partial charge >= 0.3 is 0 Å². The minimum absolute atomic E-state index is 0.426. The van der Waals surface area contributed by atoms with Crippen molar-refractivity contribution >= 4 is 12.1 Å². The molecule has 0 radical (unpaired) electrons. The van der Waals surface area contributed by atoms with Crippen molar-refractivity contribution in [3.63, 3.8) is 0 Å². The highest BCUT2D eigenvalue weighted by Gasteiger charge is 2.12. The first kappa shape index (κ1) is 16.7. The zero-order chi connectivity index (χ0) is 16.7. The molecule has 0 aliphatic heterocycles. The molecule has 1 aromatic heterocycles. The SMILES string of the molecule is CCC=NCC(N)=NCc1n[nH]c(C)c1-c1ccc(OC)cc1. The molecule has 0 saturated heterocycles. The molecule has 122 valence electrons. The standard InChI is InChI=1S/C17H23N5O/c1-4-9-19-11-16(18)20-10-15-17(12(2)21-22-15)13-5-7-14(23-3)8-6-13/h5-9H,4,10-11H2,1-3H3,(H2,18,20)(H,21,22). The number of aliphatic imine (C=N–C) groups is 2. The molecule has 6 heteroatoms. The van der Waals surface area contributed by atoms with E-state index in [0.29, 0.717) is 18.9 Å². The number of amidine groups is 1. The molecule has 3 N–H and O–H groups in total. The highest BCUT2D eigenvalue weighted by Crippen LogP contribution is 2.27. The Labute approximate surface area is 136 Å². The minimum Gasteiger partial charge on any atom is -0.497 e. The number of H-pyrrole nitrogens is 1. The molecule has 0 aliphatic carbocycles. The number of rotatable bonds is 7. The van der Waals surface area contributed by atoms with Crippen LogP contribution < -0.4 is 10.5 Å². The quantitative estimate of drug-likeness (QED) is 0.608. The summed E-state index contributed by atoms with van der Waals surface area (Å²) >= 11 is 0. The van der Waals surface area contributed by atoms with E-state index in [9.17, 15) is 0 Å². The second kappa shape index (κ2) is 8.12. The lowest BCUT2D eigenvalue weighted by Crippen LogP contribution is -2.16. The number of methoxy groups -OCH3 is 1. The smallest absolute Gasteiger partial charge is 0.118 e. The fraction of sp³-hybridized carbons (Fsp3) is 0.353. The summed E-state index contributed by atoms with van der Waals surface area (Å²) in [5.74, 6) is 1.34. The van der Waals surface area contributed by atoms with Crippen molar-refractivity contribution in [3.8, 4) is 16.9 Å². The van der Waals surface area contributed by atoms with Crippen molar-refractivity contribution in [1.29, 1.82) is 0 Å². The van der Waals surface area contributed by atoms with Gasteiger partial charge in [0.05, 0.1) is 25.9 Å². The summed E-state index contributed by atoms with van der Waals surface area (Å²) in [7, 11) is 1.65. The number of aryl methyl sites for hydroxylation is 1. The van der Waals surface area contributed by atoms with E-state index < -0.39 is 0 Å². The molecule has 0 spiro atoms. The third kappa shape index (κ3) is 4.42. The molecule has 2 rings (SSSR count). The first-order valence-electron chi connectivity index (χ1n) is 7.61. The summed E-state index contributed by atoms with van der Waals surface area (Å²) < 4.78 is 5.20. The molecule has 0 saturated carbocycles. The summed E-state index contributed by atoms with van der Waals surface area (Å²) in [6.07, 6.45) is 2.73. The maximum absolute atomic E-state index is 5.88. The highest BCUT2D eigenvalue weighted by atomic mass is 16.5. The van der Waals surface area contributed by atoms with Crippen molar-refractivity contribution in [2.24, 2.45) is 15.7 Å². The van der Waals surface area contributed by atoms with E-state index in [1.54, 1.807) is 7.11 Å². The van der Waals surface area contributed by atoms with E-state index >= 15 is 0 Å². The van der Waals surface area contributed by atoms with Gasteiger partial charge < -0.3 is 10.5 Å². The number of nitrogens with zero attached hydrogens (tertiary/aromatic N) is 3. The predicted octanol–water partition coefficient (Wildman–Crippen LogP) is 2.73. The second-order valence-corrected chi connectivity index (χ2v) is 5.14. The van der Waals surface area contributed by atoms with Crippen LogP contribution in [0.4, 0.5) is 0 Å². The van der Waals surface area contributed by atoms with Gasteiger partial charge in [0.2, 0.25) is 0 Å². The monoisotopic (exact) mass is 313 g/mol. The molecule has 2 aromatic rings. The van der Waals surface area contributed by atoms with Gasteiger partial charge in [0.15, 0.2) is 0 Å².